The molecule has 4 heterocycles. The third kappa shape index (κ3) is 4.55. The molecule has 0 radical (unpaired) electrons. The summed E-state index contributed by atoms with van der Waals surface area (Å²) >= 11 is 0. The van der Waals surface area contributed by atoms with Gasteiger partial charge in [-0.25, -0.2) is 0 Å². The summed E-state index contributed by atoms with van der Waals surface area (Å²) in [5.41, 5.74) is 18.4. The van der Waals surface area contributed by atoms with Crippen molar-refractivity contribution in [1.29, 1.82) is 0 Å². The maximum absolute atomic E-state index is 2.52. The lowest BCUT2D eigenvalue weighted by Crippen LogP contribution is -2.26. The Bertz CT molecular complexity index is 3610. The van der Waals surface area contributed by atoms with Crippen LogP contribution in [0.5, 0.6) is 0 Å². The number of rotatable bonds is 4. The Morgan fingerprint density at radius 2 is 0.717 bits per heavy atom. The van der Waals surface area contributed by atoms with E-state index in [2.05, 4.69) is 228 Å². The van der Waals surface area contributed by atoms with Crippen LogP contribution in [0.2, 0.25) is 0 Å². The molecular weight excluding hydrogens is 727 g/mol. The molecule has 0 amide bonds. The van der Waals surface area contributed by atoms with E-state index in [1.54, 1.807) is 0 Å². The van der Waals surface area contributed by atoms with E-state index in [1.165, 1.54) is 110 Å². The molecule has 0 fully saturated rings. The fraction of sp³-hybridized carbons (Fsp3) is 0.0526. The van der Waals surface area contributed by atoms with Gasteiger partial charge >= 0.3 is 0 Å². The topological polar surface area (TPSA) is 14.8 Å². The van der Waals surface area contributed by atoms with Crippen LogP contribution in [-0.2, 0) is 5.41 Å². The van der Waals surface area contributed by atoms with Gasteiger partial charge in [-0.3, -0.25) is 0 Å². The standard InChI is InChI=1S/C57H39N3/c1-57(2)48-17-7-12-22-55(48)60-54-32-27-38(36-23-28-40(29-24-36)58-50-18-8-3-13-42(50)43-14-4-9-19-51(43)58)33-46(54)47-34-39(35-49(57)56(47)60)37-25-30-41(31-26-37)59-52-20-10-5-15-44(52)45-16-6-11-21-53(45)59/h3-35H,1-2H3. The SMILES string of the molecule is CC1(C)c2ccccc2-n2c3ccc(-c4ccc(-n5c6ccccc6c6ccccc65)cc4)cc3c3cc(-c4ccc(-n5c6ccccc6c6ccccc65)cc4)cc1c32. The zero-order chi connectivity index (χ0) is 39.7. The molecule has 0 N–H and O–H groups in total. The van der Waals surface area contributed by atoms with Gasteiger partial charge in [0.15, 0.2) is 0 Å². The van der Waals surface area contributed by atoms with Gasteiger partial charge in [-0.05, 0) is 112 Å². The fourth-order valence-electron chi connectivity index (χ4n) is 10.6. The molecular formula is C57H39N3. The molecule has 0 atom stereocenters. The van der Waals surface area contributed by atoms with Crippen molar-refractivity contribution in [2.45, 2.75) is 19.3 Å². The zero-order valence-electron chi connectivity index (χ0n) is 33.4. The first-order chi connectivity index (χ1) is 29.5. The monoisotopic (exact) mass is 765 g/mol. The molecule has 13 rings (SSSR count). The van der Waals surface area contributed by atoms with Crippen molar-refractivity contribution in [3.63, 3.8) is 0 Å². The molecule has 1 aliphatic heterocycles. The van der Waals surface area contributed by atoms with Crippen LogP contribution in [0, 0.1) is 0 Å². The molecule has 60 heavy (non-hydrogen) atoms. The first-order valence-electron chi connectivity index (χ1n) is 20.9. The quantitative estimate of drug-likeness (QED) is 0.169. The molecule has 0 saturated heterocycles. The summed E-state index contributed by atoms with van der Waals surface area (Å²) in [6, 6.07) is 74.1. The van der Waals surface area contributed by atoms with E-state index in [0.29, 0.717) is 0 Å². The lowest BCUT2D eigenvalue weighted by molar-refractivity contribution is 0.630. The Labute approximate surface area is 347 Å². The van der Waals surface area contributed by atoms with Gasteiger partial charge in [0, 0.05) is 49.1 Å². The highest BCUT2D eigenvalue weighted by atomic mass is 15.0. The summed E-state index contributed by atoms with van der Waals surface area (Å²) in [7, 11) is 0. The van der Waals surface area contributed by atoms with Crippen LogP contribution in [0.1, 0.15) is 25.0 Å². The molecule has 0 saturated carbocycles. The van der Waals surface area contributed by atoms with Crippen LogP contribution in [0.15, 0.2) is 200 Å². The van der Waals surface area contributed by atoms with Gasteiger partial charge in [-0.1, -0.05) is 135 Å². The van der Waals surface area contributed by atoms with Gasteiger partial charge in [-0.15, -0.1) is 0 Å². The second-order valence-electron chi connectivity index (χ2n) is 17.0. The molecule has 0 aliphatic carbocycles. The van der Waals surface area contributed by atoms with Gasteiger partial charge in [0.25, 0.3) is 0 Å². The van der Waals surface area contributed by atoms with Crippen molar-refractivity contribution in [3.05, 3.63) is 211 Å². The highest BCUT2D eigenvalue weighted by Crippen LogP contribution is 2.49. The molecule has 9 aromatic carbocycles. The van der Waals surface area contributed by atoms with Crippen LogP contribution >= 0.6 is 0 Å². The minimum atomic E-state index is -0.191. The summed E-state index contributed by atoms with van der Waals surface area (Å²) in [4.78, 5) is 0. The lowest BCUT2D eigenvalue weighted by Gasteiger charge is -2.35. The zero-order valence-corrected chi connectivity index (χ0v) is 33.4. The molecule has 12 aromatic rings. The second kappa shape index (κ2) is 12.2. The Balaban J connectivity index is 0.974. The van der Waals surface area contributed by atoms with Crippen molar-refractivity contribution >= 4 is 65.4 Å². The third-order valence-corrected chi connectivity index (χ3v) is 13.4. The van der Waals surface area contributed by atoms with Gasteiger partial charge in [0.05, 0.1) is 38.8 Å². The highest BCUT2D eigenvalue weighted by molar-refractivity contribution is 6.14. The van der Waals surface area contributed by atoms with Crippen LogP contribution in [0.4, 0.5) is 0 Å². The summed E-state index contributed by atoms with van der Waals surface area (Å²) in [5.74, 6) is 0. The normalized spacial score (nSPS) is 13.3. The lowest BCUT2D eigenvalue weighted by atomic mass is 9.74. The van der Waals surface area contributed by atoms with Crippen molar-refractivity contribution in [2.75, 3.05) is 0 Å². The predicted octanol–water partition coefficient (Wildman–Crippen LogP) is 15.0. The van der Waals surface area contributed by atoms with E-state index in [9.17, 15) is 0 Å². The fourth-order valence-corrected chi connectivity index (χ4v) is 10.6. The van der Waals surface area contributed by atoms with E-state index >= 15 is 0 Å². The third-order valence-electron chi connectivity index (χ3n) is 13.4. The number of hydrogen-bond donors (Lipinski definition) is 0. The molecule has 1 aliphatic rings. The number of hydrogen-bond acceptors (Lipinski definition) is 0. The van der Waals surface area contributed by atoms with Crippen molar-refractivity contribution in [3.8, 4) is 39.3 Å². The molecule has 0 bridgehead atoms. The first-order valence-corrected chi connectivity index (χ1v) is 20.9. The van der Waals surface area contributed by atoms with Crippen LogP contribution < -0.4 is 0 Å². The average Bonchev–Trinajstić information content (AvgIpc) is 3.94. The Hall–Kier alpha value is -7.62. The van der Waals surface area contributed by atoms with E-state index in [-0.39, 0.29) is 5.41 Å². The average molecular weight is 766 g/mol. The predicted molar refractivity (Wildman–Crippen MR) is 252 cm³/mol. The van der Waals surface area contributed by atoms with Crippen LogP contribution in [-0.4, -0.2) is 13.7 Å². The molecule has 3 aromatic heterocycles. The van der Waals surface area contributed by atoms with Crippen LogP contribution in [0.25, 0.3) is 105 Å². The Morgan fingerprint density at radius 1 is 0.300 bits per heavy atom. The maximum atomic E-state index is 2.52. The van der Waals surface area contributed by atoms with Gasteiger partial charge in [0.1, 0.15) is 0 Å². The van der Waals surface area contributed by atoms with E-state index < -0.39 is 0 Å². The molecule has 3 nitrogen and oxygen atoms in total. The summed E-state index contributed by atoms with van der Waals surface area (Å²) < 4.78 is 7.30. The second-order valence-corrected chi connectivity index (χ2v) is 17.0. The molecule has 3 heteroatoms. The number of para-hydroxylation sites is 5. The van der Waals surface area contributed by atoms with Crippen molar-refractivity contribution in [1.82, 2.24) is 13.7 Å². The molecule has 282 valence electrons. The largest absolute Gasteiger partial charge is 0.309 e. The van der Waals surface area contributed by atoms with Gasteiger partial charge in [0.2, 0.25) is 0 Å². The Kier molecular flexibility index (Phi) is 6.78. The summed E-state index contributed by atoms with van der Waals surface area (Å²) in [5, 5.41) is 7.66. The first kappa shape index (κ1) is 33.4. The number of nitrogens with zero attached hydrogens (tertiary/aromatic N) is 3. The number of fused-ring (bicyclic) bond motifs is 11. The summed E-state index contributed by atoms with van der Waals surface area (Å²) in [6.45, 7) is 4.78. The number of benzene rings is 9. The van der Waals surface area contributed by atoms with Crippen LogP contribution in [0.3, 0.4) is 0 Å². The smallest absolute Gasteiger partial charge is 0.0582 e. The summed E-state index contributed by atoms with van der Waals surface area (Å²) in [6.07, 6.45) is 0. The van der Waals surface area contributed by atoms with Gasteiger partial charge in [-0.2, -0.15) is 0 Å². The van der Waals surface area contributed by atoms with E-state index in [4.69, 9.17) is 0 Å². The van der Waals surface area contributed by atoms with Crippen molar-refractivity contribution in [2.24, 2.45) is 0 Å². The minimum Gasteiger partial charge on any atom is -0.309 e. The van der Waals surface area contributed by atoms with Gasteiger partial charge < -0.3 is 13.7 Å². The maximum Gasteiger partial charge on any atom is 0.0582 e. The Morgan fingerprint density at radius 3 is 1.25 bits per heavy atom. The van der Waals surface area contributed by atoms with E-state index in [0.717, 1.165) is 5.69 Å². The van der Waals surface area contributed by atoms with E-state index in [1.807, 2.05) is 0 Å². The minimum absolute atomic E-state index is 0.191. The molecule has 0 unspecified atom stereocenters. The number of aromatic nitrogens is 3. The molecule has 0 spiro atoms. The highest BCUT2D eigenvalue weighted by Gasteiger charge is 2.35. The van der Waals surface area contributed by atoms with Crippen molar-refractivity contribution < 1.29 is 0 Å².